The molecule has 0 aromatic heterocycles. The second kappa shape index (κ2) is 6.58. The summed E-state index contributed by atoms with van der Waals surface area (Å²) in [5, 5.41) is 3.25. The van der Waals surface area contributed by atoms with Crippen LogP contribution in [-0.2, 0) is 6.42 Å². The maximum absolute atomic E-state index is 5.54. The zero-order valence-electron chi connectivity index (χ0n) is 12.7. The quantitative estimate of drug-likeness (QED) is 0.878. The summed E-state index contributed by atoms with van der Waals surface area (Å²) in [5.41, 5.74) is 4.96. The van der Waals surface area contributed by atoms with Gasteiger partial charge in [-0.25, -0.2) is 0 Å². The number of ether oxygens (including phenoxy) is 1. The Labute approximate surface area is 121 Å². The molecule has 0 aliphatic rings. The number of aryl methyl sites for hydroxylation is 1. The summed E-state index contributed by atoms with van der Waals surface area (Å²) in [4.78, 5) is 0. The van der Waals surface area contributed by atoms with Crippen LogP contribution in [0.4, 0.5) is 0 Å². The van der Waals surface area contributed by atoms with Gasteiger partial charge in [-0.3, -0.25) is 0 Å². The van der Waals surface area contributed by atoms with E-state index >= 15 is 0 Å². The zero-order valence-corrected chi connectivity index (χ0v) is 12.7. The second-order valence-corrected chi connectivity index (χ2v) is 5.02. The minimum Gasteiger partial charge on any atom is -0.496 e. The SMILES string of the molecule is CCc1ccc(-c2ccc([C@H](C)NC)c(OC)c2)cc1. The van der Waals surface area contributed by atoms with Crippen molar-refractivity contribution in [3.63, 3.8) is 0 Å². The number of rotatable bonds is 5. The van der Waals surface area contributed by atoms with Crippen molar-refractivity contribution in [2.45, 2.75) is 26.3 Å². The highest BCUT2D eigenvalue weighted by atomic mass is 16.5. The zero-order chi connectivity index (χ0) is 14.5. The van der Waals surface area contributed by atoms with Gasteiger partial charge in [0.25, 0.3) is 0 Å². The van der Waals surface area contributed by atoms with Crippen molar-refractivity contribution in [3.05, 3.63) is 53.6 Å². The number of benzene rings is 2. The van der Waals surface area contributed by atoms with Crippen LogP contribution in [-0.4, -0.2) is 14.2 Å². The third-order valence-electron chi connectivity index (χ3n) is 3.83. The first-order chi connectivity index (χ1) is 9.69. The molecule has 0 heterocycles. The molecule has 2 rings (SSSR count). The molecule has 0 fully saturated rings. The van der Waals surface area contributed by atoms with Crippen molar-refractivity contribution in [2.24, 2.45) is 0 Å². The number of hydrogen-bond donors (Lipinski definition) is 1. The number of methoxy groups -OCH3 is 1. The van der Waals surface area contributed by atoms with Crippen LogP contribution in [0.5, 0.6) is 5.75 Å². The van der Waals surface area contributed by atoms with Crippen LogP contribution < -0.4 is 10.1 Å². The van der Waals surface area contributed by atoms with E-state index in [1.54, 1.807) is 7.11 Å². The maximum atomic E-state index is 5.54. The van der Waals surface area contributed by atoms with Gasteiger partial charge in [-0.05, 0) is 43.1 Å². The van der Waals surface area contributed by atoms with Gasteiger partial charge in [-0.15, -0.1) is 0 Å². The summed E-state index contributed by atoms with van der Waals surface area (Å²) in [6.07, 6.45) is 1.07. The second-order valence-electron chi connectivity index (χ2n) is 5.02. The lowest BCUT2D eigenvalue weighted by atomic mass is 9.99. The Morgan fingerprint density at radius 1 is 1.05 bits per heavy atom. The highest BCUT2D eigenvalue weighted by molar-refractivity contribution is 5.66. The van der Waals surface area contributed by atoms with Gasteiger partial charge in [0.2, 0.25) is 0 Å². The highest BCUT2D eigenvalue weighted by Gasteiger charge is 2.10. The van der Waals surface area contributed by atoms with E-state index in [1.807, 2.05) is 7.05 Å². The Morgan fingerprint density at radius 2 is 1.70 bits per heavy atom. The van der Waals surface area contributed by atoms with Gasteiger partial charge in [0.1, 0.15) is 5.75 Å². The predicted molar refractivity (Wildman–Crippen MR) is 85.3 cm³/mol. The number of hydrogen-bond acceptors (Lipinski definition) is 2. The van der Waals surface area contributed by atoms with Crippen molar-refractivity contribution < 1.29 is 4.74 Å². The fraction of sp³-hybridized carbons (Fsp3) is 0.333. The third kappa shape index (κ3) is 3.02. The molecule has 2 nitrogen and oxygen atoms in total. The standard InChI is InChI=1S/C18H23NO/c1-5-14-6-8-15(9-7-14)16-10-11-17(13(2)19-3)18(12-16)20-4/h6-13,19H,5H2,1-4H3/t13-/m0/s1. The fourth-order valence-electron chi connectivity index (χ4n) is 2.34. The summed E-state index contributed by atoms with van der Waals surface area (Å²) >= 11 is 0. The molecule has 0 aliphatic carbocycles. The summed E-state index contributed by atoms with van der Waals surface area (Å²) in [6, 6.07) is 15.4. The van der Waals surface area contributed by atoms with Gasteiger partial charge in [-0.2, -0.15) is 0 Å². The van der Waals surface area contributed by atoms with Crippen molar-refractivity contribution in [1.29, 1.82) is 0 Å². The minimum atomic E-state index is 0.279. The van der Waals surface area contributed by atoms with Crippen molar-refractivity contribution >= 4 is 0 Å². The molecule has 0 bridgehead atoms. The summed E-state index contributed by atoms with van der Waals surface area (Å²) < 4.78 is 5.54. The normalized spacial score (nSPS) is 12.2. The van der Waals surface area contributed by atoms with Crippen LogP contribution in [0.1, 0.15) is 31.0 Å². The number of nitrogens with one attached hydrogen (secondary N) is 1. The Hall–Kier alpha value is -1.80. The van der Waals surface area contributed by atoms with Crippen molar-refractivity contribution in [3.8, 4) is 16.9 Å². The van der Waals surface area contributed by atoms with Crippen LogP contribution in [0.2, 0.25) is 0 Å². The molecule has 0 saturated heterocycles. The first-order valence-corrected chi connectivity index (χ1v) is 7.14. The van der Waals surface area contributed by atoms with Gasteiger partial charge in [0, 0.05) is 11.6 Å². The molecule has 20 heavy (non-hydrogen) atoms. The Morgan fingerprint density at radius 3 is 2.25 bits per heavy atom. The van der Waals surface area contributed by atoms with Crippen LogP contribution >= 0.6 is 0 Å². The van der Waals surface area contributed by atoms with E-state index in [9.17, 15) is 0 Å². The molecule has 2 heteroatoms. The van der Waals surface area contributed by atoms with Gasteiger partial charge in [0.15, 0.2) is 0 Å². The monoisotopic (exact) mass is 269 g/mol. The topological polar surface area (TPSA) is 21.3 Å². The molecule has 0 radical (unpaired) electrons. The highest BCUT2D eigenvalue weighted by Crippen LogP contribution is 2.30. The predicted octanol–water partition coefficient (Wildman–Crippen LogP) is 4.21. The van der Waals surface area contributed by atoms with Crippen molar-refractivity contribution in [2.75, 3.05) is 14.2 Å². The van der Waals surface area contributed by atoms with Crippen molar-refractivity contribution in [1.82, 2.24) is 5.32 Å². The van der Waals surface area contributed by atoms with E-state index in [-0.39, 0.29) is 6.04 Å². The molecule has 0 unspecified atom stereocenters. The molecule has 106 valence electrons. The average molecular weight is 269 g/mol. The van der Waals surface area contributed by atoms with Crippen LogP contribution in [0, 0.1) is 0 Å². The lowest BCUT2D eigenvalue weighted by Gasteiger charge is -2.16. The molecule has 0 spiro atoms. The van der Waals surface area contributed by atoms with Gasteiger partial charge >= 0.3 is 0 Å². The minimum absolute atomic E-state index is 0.279. The van der Waals surface area contributed by atoms with E-state index in [4.69, 9.17) is 4.74 Å². The molecule has 0 saturated carbocycles. The van der Waals surface area contributed by atoms with E-state index < -0.39 is 0 Å². The fourth-order valence-corrected chi connectivity index (χ4v) is 2.34. The third-order valence-corrected chi connectivity index (χ3v) is 3.83. The smallest absolute Gasteiger partial charge is 0.124 e. The molecular formula is C18H23NO. The molecule has 2 aromatic rings. The van der Waals surface area contributed by atoms with Crippen LogP contribution in [0.25, 0.3) is 11.1 Å². The van der Waals surface area contributed by atoms with Gasteiger partial charge in [-0.1, -0.05) is 43.3 Å². The van der Waals surface area contributed by atoms with Gasteiger partial charge < -0.3 is 10.1 Å². The average Bonchev–Trinajstić information content (AvgIpc) is 2.53. The summed E-state index contributed by atoms with van der Waals surface area (Å²) in [6.45, 7) is 4.31. The van der Waals surface area contributed by atoms with E-state index in [0.29, 0.717) is 0 Å². The lowest BCUT2D eigenvalue weighted by Crippen LogP contribution is -2.13. The summed E-state index contributed by atoms with van der Waals surface area (Å²) in [5.74, 6) is 0.934. The Bertz CT molecular complexity index is 560. The maximum Gasteiger partial charge on any atom is 0.124 e. The summed E-state index contributed by atoms with van der Waals surface area (Å²) in [7, 11) is 3.69. The Kier molecular flexibility index (Phi) is 4.80. The molecule has 0 aliphatic heterocycles. The molecule has 0 amide bonds. The first-order valence-electron chi connectivity index (χ1n) is 7.14. The van der Waals surface area contributed by atoms with E-state index in [1.165, 1.54) is 22.3 Å². The van der Waals surface area contributed by atoms with Gasteiger partial charge in [0.05, 0.1) is 7.11 Å². The Balaban J connectivity index is 2.37. The molecule has 1 N–H and O–H groups in total. The molecule has 1 atom stereocenters. The van der Waals surface area contributed by atoms with Crippen LogP contribution in [0.3, 0.4) is 0 Å². The van der Waals surface area contributed by atoms with Crippen LogP contribution in [0.15, 0.2) is 42.5 Å². The van der Waals surface area contributed by atoms with E-state index in [2.05, 4.69) is 61.6 Å². The molecular weight excluding hydrogens is 246 g/mol. The first kappa shape index (κ1) is 14.6. The molecule has 2 aromatic carbocycles. The lowest BCUT2D eigenvalue weighted by molar-refractivity contribution is 0.404. The largest absolute Gasteiger partial charge is 0.496 e. The van der Waals surface area contributed by atoms with E-state index in [0.717, 1.165) is 12.2 Å².